The minimum atomic E-state index is -5.13. The van der Waals surface area contributed by atoms with E-state index in [1.165, 1.54) is 36.5 Å². The first-order valence-corrected chi connectivity index (χ1v) is 15.4. The van der Waals surface area contributed by atoms with Gasteiger partial charge in [-0.05, 0) is 75.7 Å². The molecule has 50 heavy (non-hydrogen) atoms. The van der Waals surface area contributed by atoms with Crippen LogP contribution in [0.4, 0.5) is 48.3 Å². The lowest BCUT2D eigenvalue weighted by atomic mass is 10.0. The van der Waals surface area contributed by atoms with Crippen molar-refractivity contribution in [3.8, 4) is 5.82 Å². The number of urea groups is 1. The highest BCUT2D eigenvalue weighted by molar-refractivity contribution is 6.32. The second-order valence-corrected chi connectivity index (χ2v) is 13.1. The fraction of sp³-hybridized carbons (Fsp3) is 0.281. The summed E-state index contributed by atoms with van der Waals surface area (Å²) >= 11 is 12.6. The second kappa shape index (κ2) is 13.1. The van der Waals surface area contributed by atoms with Gasteiger partial charge in [0, 0.05) is 41.6 Å². The second-order valence-electron chi connectivity index (χ2n) is 12.3. The molecule has 4 amide bonds. The molecule has 1 fully saturated rings. The quantitative estimate of drug-likeness (QED) is 0.194. The lowest BCUT2D eigenvalue weighted by Gasteiger charge is -2.22. The van der Waals surface area contributed by atoms with E-state index in [2.05, 4.69) is 20.7 Å². The number of hydrogen-bond donors (Lipinski definition) is 2. The highest BCUT2D eigenvalue weighted by Crippen LogP contribution is 2.39. The predicted octanol–water partition coefficient (Wildman–Crippen LogP) is 8.15. The van der Waals surface area contributed by atoms with Crippen molar-refractivity contribution in [3.63, 3.8) is 0 Å². The Morgan fingerprint density at radius 1 is 0.860 bits per heavy atom. The van der Waals surface area contributed by atoms with E-state index < -0.39 is 52.6 Å². The van der Waals surface area contributed by atoms with Gasteiger partial charge in [-0.15, -0.1) is 5.10 Å². The van der Waals surface area contributed by atoms with Crippen LogP contribution in [-0.4, -0.2) is 51.2 Å². The molecule has 1 aliphatic rings. The number of hydrogen-bond acceptors (Lipinski definition) is 5. The largest absolute Gasteiger partial charge is 0.416 e. The van der Waals surface area contributed by atoms with Crippen molar-refractivity contribution in [3.05, 3.63) is 92.7 Å². The zero-order valence-electron chi connectivity index (χ0n) is 26.6. The van der Waals surface area contributed by atoms with Crippen molar-refractivity contribution >= 4 is 58.2 Å². The lowest BCUT2D eigenvalue weighted by Crippen LogP contribution is -2.41. The van der Waals surface area contributed by atoms with Gasteiger partial charge >= 0.3 is 18.4 Å². The Labute approximate surface area is 291 Å². The van der Waals surface area contributed by atoms with Crippen molar-refractivity contribution in [2.24, 2.45) is 0 Å². The number of nitrogens with zero attached hydrogens (tertiary/aromatic N) is 5. The number of nitrogens with one attached hydrogen (secondary N) is 2. The van der Waals surface area contributed by atoms with Crippen LogP contribution in [0.2, 0.25) is 10.0 Å². The molecule has 0 bridgehead atoms. The number of alkyl halides is 6. The number of carbonyl (C=O) groups excluding carboxylic acids is 3. The number of aryl methyl sites for hydroxylation is 1. The maximum atomic E-state index is 13.9. The summed E-state index contributed by atoms with van der Waals surface area (Å²) in [7, 11) is 0. The van der Waals surface area contributed by atoms with E-state index in [-0.39, 0.29) is 57.8 Å². The van der Waals surface area contributed by atoms with Crippen LogP contribution in [0, 0.1) is 6.92 Å². The van der Waals surface area contributed by atoms with Gasteiger partial charge in [0.1, 0.15) is 5.69 Å². The number of anilines is 3. The summed E-state index contributed by atoms with van der Waals surface area (Å²) < 4.78 is 82.3. The molecule has 0 saturated carbocycles. The standard InChI is InChI=1S/C32H27Cl2F6N7O3/c1-16-10-19(33)14-21(27(48)43-30(2,3)4)25(16)42-28(49)23-15-24(44-47(23)26-22(34)6-5-7-41-26)46-9-8-45(29(46)50)20-12-17(31(35,36)37)11-18(13-20)32(38,39)40/h5-7,10-15H,8-9H2,1-4H3,(H,42,49)(H,43,48). The number of carbonyl (C=O) groups is 3. The minimum absolute atomic E-state index is 0.0362. The molecular formula is C32H27Cl2F6N7O3. The molecule has 0 atom stereocenters. The van der Waals surface area contributed by atoms with E-state index in [1.807, 2.05) is 0 Å². The van der Waals surface area contributed by atoms with Crippen LogP contribution in [-0.2, 0) is 12.4 Å². The molecule has 0 unspecified atom stereocenters. The summed E-state index contributed by atoms with van der Waals surface area (Å²) in [5.41, 5.74) is -4.11. The highest BCUT2D eigenvalue weighted by Gasteiger charge is 2.40. The van der Waals surface area contributed by atoms with E-state index in [4.69, 9.17) is 23.2 Å². The Kier molecular flexibility index (Phi) is 9.57. The lowest BCUT2D eigenvalue weighted by molar-refractivity contribution is -0.143. The van der Waals surface area contributed by atoms with Crippen molar-refractivity contribution in [2.75, 3.05) is 28.2 Å². The molecule has 1 saturated heterocycles. The maximum Gasteiger partial charge on any atom is 0.416 e. The van der Waals surface area contributed by atoms with Crippen LogP contribution in [0.25, 0.3) is 5.82 Å². The zero-order chi connectivity index (χ0) is 36.9. The highest BCUT2D eigenvalue weighted by atomic mass is 35.5. The summed E-state index contributed by atoms with van der Waals surface area (Å²) in [6, 6.07) is 6.90. The van der Waals surface area contributed by atoms with Gasteiger partial charge in [0.2, 0.25) is 0 Å². The Bertz CT molecular complexity index is 1980. The van der Waals surface area contributed by atoms with Gasteiger partial charge in [-0.2, -0.15) is 26.3 Å². The molecule has 0 radical (unpaired) electrons. The number of rotatable bonds is 6. The van der Waals surface area contributed by atoms with Crippen LogP contribution >= 0.6 is 23.2 Å². The van der Waals surface area contributed by atoms with E-state index in [0.717, 1.165) is 14.5 Å². The van der Waals surface area contributed by atoms with Gasteiger partial charge in [-0.25, -0.2) is 14.5 Å². The molecule has 264 valence electrons. The number of aromatic nitrogens is 3. The first-order chi connectivity index (χ1) is 23.1. The monoisotopic (exact) mass is 741 g/mol. The molecule has 1 aliphatic heterocycles. The van der Waals surface area contributed by atoms with Gasteiger partial charge < -0.3 is 10.6 Å². The summed E-state index contributed by atoms with van der Waals surface area (Å²) in [6.07, 6.45) is -8.90. The normalized spacial score (nSPS) is 14.0. The molecule has 4 aromatic rings. The molecule has 0 spiro atoms. The third kappa shape index (κ3) is 7.65. The minimum Gasteiger partial charge on any atom is -0.347 e. The average molecular weight is 743 g/mol. The fourth-order valence-electron chi connectivity index (χ4n) is 5.11. The molecule has 18 heteroatoms. The summed E-state index contributed by atoms with van der Waals surface area (Å²) in [4.78, 5) is 46.6. The first-order valence-electron chi connectivity index (χ1n) is 14.7. The van der Waals surface area contributed by atoms with Gasteiger partial charge in [0.25, 0.3) is 11.8 Å². The van der Waals surface area contributed by atoms with Crippen LogP contribution in [0.3, 0.4) is 0 Å². The van der Waals surface area contributed by atoms with Crippen LogP contribution in [0.1, 0.15) is 58.3 Å². The van der Waals surface area contributed by atoms with Crippen molar-refractivity contribution in [1.29, 1.82) is 0 Å². The van der Waals surface area contributed by atoms with Crippen LogP contribution in [0.15, 0.2) is 54.7 Å². The Hall–Kier alpha value is -4.83. The van der Waals surface area contributed by atoms with Gasteiger partial charge in [0.05, 0.1) is 27.4 Å². The van der Waals surface area contributed by atoms with Crippen LogP contribution in [0.5, 0.6) is 0 Å². The Morgan fingerprint density at radius 2 is 1.48 bits per heavy atom. The SMILES string of the molecule is Cc1cc(Cl)cc(C(=O)NC(C)(C)C)c1NC(=O)c1cc(N2CCN(c3cc(C(F)(F)F)cc(C(F)(F)F)c3)C2=O)nn1-c1ncccc1Cl. The van der Waals surface area contributed by atoms with Gasteiger partial charge in [-0.1, -0.05) is 23.2 Å². The maximum absolute atomic E-state index is 13.9. The van der Waals surface area contributed by atoms with Crippen molar-refractivity contribution in [2.45, 2.75) is 45.6 Å². The fourth-order valence-corrected chi connectivity index (χ4v) is 5.59. The van der Waals surface area contributed by atoms with Crippen molar-refractivity contribution in [1.82, 2.24) is 20.1 Å². The molecule has 10 nitrogen and oxygen atoms in total. The number of amides is 4. The zero-order valence-corrected chi connectivity index (χ0v) is 28.1. The van der Waals surface area contributed by atoms with Gasteiger partial charge in [0.15, 0.2) is 11.6 Å². The third-order valence-electron chi connectivity index (χ3n) is 7.31. The summed E-state index contributed by atoms with van der Waals surface area (Å²) in [5, 5.41) is 10.1. The molecule has 2 N–H and O–H groups in total. The van der Waals surface area contributed by atoms with E-state index in [1.54, 1.807) is 27.7 Å². The molecule has 0 aliphatic carbocycles. The molecule has 3 heterocycles. The number of halogens is 8. The van der Waals surface area contributed by atoms with E-state index in [0.29, 0.717) is 17.7 Å². The smallest absolute Gasteiger partial charge is 0.347 e. The molecule has 5 rings (SSSR count). The average Bonchev–Trinajstić information content (AvgIpc) is 3.60. The van der Waals surface area contributed by atoms with Crippen LogP contribution < -0.4 is 20.4 Å². The topological polar surface area (TPSA) is 112 Å². The molecule has 2 aromatic heterocycles. The van der Waals surface area contributed by atoms with E-state index >= 15 is 0 Å². The molecule has 2 aromatic carbocycles. The van der Waals surface area contributed by atoms with E-state index in [9.17, 15) is 40.7 Å². The van der Waals surface area contributed by atoms with Gasteiger partial charge in [-0.3, -0.25) is 19.4 Å². The Balaban J connectivity index is 1.55. The molecular weight excluding hydrogens is 715 g/mol. The number of benzene rings is 2. The Morgan fingerprint density at radius 3 is 2.06 bits per heavy atom. The first kappa shape index (κ1) is 36.5. The predicted molar refractivity (Wildman–Crippen MR) is 174 cm³/mol. The third-order valence-corrected chi connectivity index (χ3v) is 7.82. The number of pyridine rings is 1. The van der Waals surface area contributed by atoms with Crippen molar-refractivity contribution < 1.29 is 40.7 Å². The summed E-state index contributed by atoms with van der Waals surface area (Å²) in [5.74, 6) is -1.60. The summed E-state index contributed by atoms with van der Waals surface area (Å²) in [6.45, 7) is 6.37.